The number of benzene rings is 1. The molecule has 0 spiro atoms. The Labute approximate surface area is 216 Å². The molecule has 6 nitrogen and oxygen atoms in total. The van der Waals surface area contributed by atoms with Crippen LogP contribution in [0.1, 0.15) is 83.1 Å². The van der Waals surface area contributed by atoms with Crippen LogP contribution in [0.15, 0.2) is 24.3 Å². The Hall–Kier alpha value is -1.34. The van der Waals surface area contributed by atoms with Crippen molar-refractivity contribution in [3.8, 4) is 0 Å². The van der Waals surface area contributed by atoms with E-state index in [2.05, 4.69) is 5.32 Å². The van der Waals surface area contributed by atoms with Gasteiger partial charge >= 0.3 is 6.03 Å². The van der Waals surface area contributed by atoms with E-state index >= 15 is 0 Å². The van der Waals surface area contributed by atoms with Crippen molar-refractivity contribution in [2.45, 2.75) is 95.2 Å². The average molecular weight is 508 g/mol. The summed E-state index contributed by atoms with van der Waals surface area (Å²) in [4.78, 5) is 15.2. The number of hydrogen-bond acceptors (Lipinski definition) is 4. The lowest BCUT2D eigenvalue weighted by Crippen LogP contribution is -2.55. The zero-order chi connectivity index (χ0) is 25.3. The SMILES string of the molecule is COCCCC[C@@](O)(c1cccc(Cl)c1)C1CCCN(C(=O)N[C@@H](CC2CCCCC2)[C@H](C)N)C1. The first kappa shape index (κ1) is 28.2. The fourth-order valence-electron chi connectivity index (χ4n) is 5.97. The second-order valence-electron chi connectivity index (χ2n) is 10.8. The molecule has 7 heteroatoms. The molecule has 1 aliphatic carbocycles. The predicted octanol–water partition coefficient (Wildman–Crippen LogP) is 5.45. The van der Waals surface area contributed by atoms with Crippen LogP contribution >= 0.6 is 11.6 Å². The van der Waals surface area contributed by atoms with Crippen molar-refractivity contribution in [3.05, 3.63) is 34.9 Å². The van der Waals surface area contributed by atoms with E-state index < -0.39 is 5.60 Å². The van der Waals surface area contributed by atoms with E-state index in [1.807, 2.05) is 36.1 Å². The fourth-order valence-corrected chi connectivity index (χ4v) is 6.16. The summed E-state index contributed by atoms with van der Waals surface area (Å²) < 4.78 is 5.21. The van der Waals surface area contributed by atoms with Crippen LogP contribution in [0.4, 0.5) is 4.79 Å². The minimum absolute atomic E-state index is 0.0214. The quantitative estimate of drug-likeness (QED) is 0.347. The summed E-state index contributed by atoms with van der Waals surface area (Å²) in [6.45, 7) is 3.89. The highest BCUT2D eigenvalue weighted by Gasteiger charge is 2.41. The molecule has 0 bridgehead atoms. The molecule has 4 atom stereocenters. The number of piperidine rings is 1. The largest absolute Gasteiger partial charge is 0.385 e. The Morgan fingerprint density at radius 2 is 2.03 bits per heavy atom. The lowest BCUT2D eigenvalue weighted by molar-refractivity contribution is -0.0564. The molecule has 2 aliphatic rings. The van der Waals surface area contributed by atoms with E-state index in [1.54, 1.807) is 7.11 Å². The van der Waals surface area contributed by atoms with Gasteiger partial charge in [0.2, 0.25) is 0 Å². The molecule has 4 N–H and O–H groups in total. The van der Waals surface area contributed by atoms with Gasteiger partial charge in [0.1, 0.15) is 0 Å². The summed E-state index contributed by atoms with van der Waals surface area (Å²) in [5.41, 5.74) is 6.09. The molecule has 2 fully saturated rings. The predicted molar refractivity (Wildman–Crippen MR) is 143 cm³/mol. The number of nitrogens with one attached hydrogen (secondary N) is 1. The number of likely N-dealkylation sites (tertiary alicyclic amines) is 1. The minimum Gasteiger partial charge on any atom is -0.385 e. The first-order valence-corrected chi connectivity index (χ1v) is 14.0. The van der Waals surface area contributed by atoms with Crippen molar-refractivity contribution in [1.82, 2.24) is 10.2 Å². The van der Waals surface area contributed by atoms with E-state index in [1.165, 1.54) is 32.1 Å². The third-order valence-electron chi connectivity index (χ3n) is 8.12. The second kappa shape index (κ2) is 13.8. The molecule has 1 saturated heterocycles. The first-order chi connectivity index (χ1) is 16.8. The molecule has 1 aromatic carbocycles. The maximum atomic E-state index is 13.4. The normalized spacial score (nSPS) is 22.9. The highest BCUT2D eigenvalue weighted by atomic mass is 35.5. The van der Waals surface area contributed by atoms with E-state index in [0.29, 0.717) is 37.1 Å². The highest BCUT2D eigenvalue weighted by Crippen LogP contribution is 2.40. The summed E-state index contributed by atoms with van der Waals surface area (Å²) in [5, 5.41) is 15.9. The van der Waals surface area contributed by atoms with Gasteiger partial charge in [0.05, 0.1) is 5.60 Å². The number of nitrogens with two attached hydrogens (primary N) is 1. The van der Waals surface area contributed by atoms with Crippen molar-refractivity contribution in [3.63, 3.8) is 0 Å². The number of aliphatic hydroxyl groups is 1. The van der Waals surface area contributed by atoms with Crippen LogP contribution in [0.3, 0.4) is 0 Å². The van der Waals surface area contributed by atoms with Gasteiger partial charge in [0.25, 0.3) is 0 Å². The number of amides is 2. The molecule has 1 unspecified atom stereocenters. The van der Waals surface area contributed by atoms with Crippen LogP contribution in [0.25, 0.3) is 0 Å². The lowest BCUT2D eigenvalue weighted by atomic mass is 9.74. The number of hydrogen-bond donors (Lipinski definition) is 3. The number of methoxy groups -OCH3 is 1. The van der Waals surface area contributed by atoms with E-state index in [9.17, 15) is 9.90 Å². The lowest BCUT2D eigenvalue weighted by Gasteiger charge is -2.43. The van der Waals surface area contributed by atoms with E-state index in [4.69, 9.17) is 22.1 Å². The van der Waals surface area contributed by atoms with Gasteiger partial charge in [0.15, 0.2) is 0 Å². The number of rotatable bonds is 11. The average Bonchev–Trinajstić information content (AvgIpc) is 2.86. The minimum atomic E-state index is -1.04. The summed E-state index contributed by atoms with van der Waals surface area (Å²) >= 11 is 6.30. The molecular formula is C28H46ClN3O3. The number of ether oxygens (including phenoxy) is 1. The van der Waals surface area contributed by atoms with Crippen LogP contribution in [-0.4, -0.2) is 54.9 Å². The maximum absolute atomic E-state index is 13.4. The fraction of sp³-hybridized carbons (Fsp3) is 0.750. The summed E-state index contributed by atoms with van der Waals surface area (Å²) in [6.07, 6.45) is 11.4. The summed E-state index contributed by atoms with van der Waals surface area (Å²) in [7, 11) is 1.70. The van der Waals surface area contributed by atoms with Crippen LogP contribution in [0.5, 0.6) is 0 Å². The van der Waals surface area contributed by atoms with Gasteiger partial charge in [-0.25, -0.2) is 4.79 Å². The topological polar surface area (TPSA) is 87.8 Å². The van der Waals surface area contributed by atoms with Gasteiger partial charge in [0, 0.05) is 49.8 Å². The second-order valence-corrected chi connectivity index (χ2v) is 11.3. The zero-order valence-electron chi connectivity index (χ0n) is 21.7. The van der Waals surface area contributed by atoms with Gasteiger partial charge < -0.3 is 25.8 Å². The molecule has 35 heavy (non-hydrogen) atoms. The Morgan fingerprint density at radius 1 is 1.26 bits per heavy atom. The molecule has 1 saturated carbocycles. The molecule has 0 aromatic heterocycles. The van der Waals surface area contributed by atoms with E-state index in [-0.39, 0.29) is 24.0 Å². The van der Waals surface area contributed by atoms with Crippen LogP contribution in [-0.2, 0) is 10.3 Å². The van der Waals surface area contributed by atoms with Gasteiger partial charge in [-0.1, -0.05) is 55.8 Å². The van der Waals surface area contributed by atoms with Gasteiger partial charge in [-0.3, -0.25) is 0 Å². The number of urea groups is 1. The van der Waals surface area contributed by atoms with Crippen LogP contribution in [0.2, 0.25) is 5.02 Å². The molecule has 2 amide bonds. The Morgan fingerprint density at radius 3 is 2.71 bits per heavy atom. The van der Waals surface area contributed by atoms with Crippen molar-refractivity contribution < 1.29 is 14.6 Å². The monoisotopic (exact) mass is 507 g/mol. The molecular weight excluding hydrogens is 462 g/mol. The maximum Gasteiger partial charge on any atom is 0.317 e. The number of nitrogens with zero attached hydrogens (tertiary/aromatic N) is 1. The molecule has 198 valence electrons. The molecule has 1 heterocycles. The third kappa shape index (κ3) is 8.08. The highest BCUT2D eigenvalue weighted by molar-refractivity contribution is 6.30. The molecule has 1 aliphatic heterocycles. The summed E-state index contributed by atoms with van der Waals surface area (Å²) in [5.74, 6) is 0.587. The molecule has 0 radical (unpaired) electrons. The van der Waals surface area contributed by atoms with Crippen LogP contribution in [0, 0.1) is 11.8 Å². The smallest absolute Gasteiger partial charge is 0.317 e. The van der Waals surface area contributed by atoms with E-state index in [0.717, 1.165) is 37.7 Å². The Kier molecular flexibility index (Phi) is 11.2. The number of unbranched alkanes of at least 4 members (excludes halogenated alkanes) is 1. The van der Waals surface area contributed by atoms with Crippen molar-refractivity contribution >= 4 is 17.6 Å². The van der Waals surface area contributed by atoms with Gasteiger partial charge in [-0.2, -0.15) is 0 Å². The Balaban J connectivity index is 1.69. The zero-order valence-corrected chi connectivity index (χ0v) is 22.4. The number of halogens is 1. The van der Waals surface area contributed by atoms with Gasteiger partial charge in [-0.05, 0) is 69.1 Å². The first-order valence-electron chi connectivity index (χ1n) is 13.6. The summed E-state index contributed by atoms with van der Waals surface area (Å²) in [6, 6.07) is 7.38. The standard InChI is InChI=1S/C28H46ClN3O3/c1-21(30)26(18-22-10-4-3-5-11-22)31-27(33)32-16-9-13-24(20-32)28(34,15-6-7-17-35-2)23-12-8-14-25(29)19-23/h8,12,14,19,21-22,24,26,34H,3-7,9-11,13,15-18,20,30H2,1-2H3,(H,31,33)/t21-,24?,26-,28+/m0/s1. The van der Waals surface area contributed by atoms with Gasteiger partial charge in [-0.15, -0.1) is 0 Å². The number of carbonyl (C=O) groups excluding carboxylic acids is 1. The Bertz CT molecular complexity index is 786. The van der Waals surface area contributed by atoms with Crippen molar-refractivity contribution in [1.29, 1.82) is 0 Å². The van der Waals surface area contributed by atoms with Crippen molar-refractivity contribution in [2.75, 3.05) is 26.8 Å². The molecule has 3 rings (SSSR count). The molecule has 1 aromatic rings. The van der Waals surface area contributed by atoms with Crippen molar-refractivity contribution in [2.24, 2.45) is 17.6 Å². The van der Waals surface area contributed by atoms with Crippen LogP contribution < -0.4 is 11.1 Å². The number of carbonyl (C=O) groups is 1. The third-order valence-corrected chi connectivity index (χ3v) is 8.36.